The Morgan fingerprint density at radius 3 is 1.19 bits per heavy atom. The van der Waals surface area contributed by atoms with Gasteiger partial charge in [0.2, 0.25) is 0 Å². The van der Waals surface area contributed by atoms with Gasteiger partial charge < -0.3 is 9.05 Å². The molecule has 4 rings (SSSR count). The quantitative estimate of drug-likeness (QED) is 0.155. The number of benzene rings is 4. The maximum atomic E-state index is 6.79. The average Bonchev–Trinajstić information content (AvgIpc) is 2.93. The number of rotatable bonds is 13. The Morgan fingerprint density at radius 2 is 0.806 bits per heavy atom. The first-order valence-corrected chi connectivity index (χ1v) is 19.8. The predicted molar refractivity (Wildman–Crippen MR) is 165 cm³/mol. The monoisotopic (exact) mass is 550 g/mol. The Kier molecular flexibility index (Phi) is 11.2. The summed E-state index contributed by atoms with van der Waals surface area (Å²) in [6.45, 7) is 4.71. The minimum absolute atomic E-state index is 0.00945. The molecule has 2 atom stereocenters. The van der Waals surface area contributed by atoms with Gasteiger partial charge in [-0.2, -0.15) is 0 Å². The Labute approximate surface area is 221 Å². The maximum absolute atomic E-state index is 6.79. The van der Waals surface area contributed by atoms with Gasteiger partial charge in [0.1, 0.15) is 11.5 Å². The van der Waals surface area contributed by atoms with Crippen LogP contribution in [-0.4, -0.2) is 38.0 Å². The highest BCUT2D eigenvalue weighted by atomic mass is 32.1. The van der Waals surface area contributed by atoms with Crippen molar-refractivity contribution in [2.75, 3.05) is 38.0 Å². The highest BCUT2D eigenvalue weighted by Gasteiger charge is 2.29. The van der Waals surface area contributed by atoms with Crippen LogP contribution in [0.15, 0.2) is 121 Å². The molecule has 0 aliphatic rings. The van der Waals surface area contributed by atoms with Gasteiger partial charge in [0.05, 0.1) is 0 Å². The second kappa shape index (κ2) is 14.8. The lowest BCUT2D eigenvalue weighted by molar-refractivity contribution is 0.601. The van der Waals surface area contributed by atoms with Crippen LogP contribution in [-0.2, 0) is 0 Å². The Hall–Kier alpha value is -1.80. The summed E-state index contributed by atoms with van der Waals surface area (Å²) >= 11 is 0. The molecule has 0 spiro atoms. The van der Waals surface area contributed by atoms with Gasteiger partial charge in [-0.25, -0.2) is 0 Å². The summed E-state index contributed by atoms with van der Waals surface area (Å²) in [6.07, 6.45) is 4.39. The molecule has 6 heteroatoms. The second-order valence-corrected chi connectivity index (χ2v) is 18.9. The molecule has 0 aromatic heterocycles. The number of hydrogen-bond donors (Lipinski definition) is 0. The molecule has 2 unspecified atom stereocenters. The van der Waals surface area contributed by atoms with Gasteiger partial charge in [-0.15, -0.1) is 7.92 Å². The van der Waals surface area contributed by atoms with Gasteiger partial charge in [0.15, 0.2) is 15.7 Å². The first-order valence-electron chi connectivity index (χ1n) is 12.2. The molecule has 0 radical (unpaired) electrons. The van der Waals surface area contributed by atoms with E-state index in [9.17, 15) is 0 Å². The third-order valence-electron chi connectivity index (χ3n) is 5.55. The number of para-hydroxylation sites is 2. The molecule has 0 saturated heterocycles. The zero-order valence-electron chi connectivity index (χ0n) is 21.0. The lowest BCUT2D eigenvalue weighted by atomic mass is 10.3. The lowest BCUT2D eigenvalue weighted by Gasteiger charge is -2.29. The highest BCUT2D eigenvalue weighted by molar-refractivity contribution is 8.26. The van der Waals surface area contributed by atoms with Gasteiger partial charge in [-0.1, -0.05) is 97.1 Å². The molecule has 0 heterocycles. The molecule has 2 nitrogen and oxygen atoms in total. The van der Waals surface area contributed by atoms with Crippen molar-refractivity contribution in [2.24, 2.45) is 0 Å². The van der Waals surface area contributed by atoms with E-state index in [0.29, 0.717) is 0 Å². The normalized spacial score (nSPS) is 12.9. The van der Waals surface area contributed by atoms with E-state index >= 15 is 0 Å². The van der Waals surface area contributed by atoms with E-state index < -0.39 is 23.6 Å². The van der Waals surface area contributed by atoms with Crippen LogP contribution in [0, 0.1) is 0 Å². The fraction of sp³-hybridized carbons (Fsp3) is 0.200. The highest BCUT2D eigenvalue weighted by Crippen LogP contribution is 2.70. The minimum Gasteiger partial charge on any atom is -0.466 e. The molecule has 0 bridgehead atoms. The third-order valence-corrected chi connectivity index (χ3v) is 15.6. The Morgan fingerprint density at radius 1 is 0.444 bits per heavy atom. The average molecular weight is 550 g/mol. The topological polar surface area (TPSA) is 18.5 Å². The molecule has 0 amide bonds. The predicted octanol–water partition coefficient (Wildman–Crippen LogP) is 8.73. The minimum atomic E-state index is -0.799. The van der Waals surface area contributed by atoms with Gasteiger partial charge in [-0.05, 0) is 68.4 Å². The van der Waals surface area contributed by atoms with Crippen LogP contribution in [0.1, 0.15) is 0 Å². The summed E-state index contributed by atoms with van der Waals surface area (Å²) < 4.78 is 13.5. The van der Waals surface area contributed by atoms with Crippen LogP contribution < -0.4 is 19.7 Å². The van der Waals surface area contributed by atoms with Crippen molar-refractivity contribution < 1.29 is 9.05 Å². The largest absolute Gasteiger partial charge is 0.466 e. The first-order chi connectivity index (χ1) is 17.7. The maximum Gasteiger partial charge on any atom is 0.152 e. The fourth-order valence-corrected chi connectivity index (χ4v) is 15.0. The SMILES string of the molecule is CP(C)CCP(Oc1ccccc1)P(CCP(c1ccccc1)c1ccccc1)Oc1ccccc1. The molecule has 0 saturated carbocycles. The van der Waals surface area contributed by atoms with Crippen LogP contribution in [0.4, 0.5) is 0 Å². The van der Waals surface area contributed by atoms with E-state index in [0.717, 1.165) is 30.0 Å². The summed E-state index contributed by atoms with van der Waals surface area (Å²) in [7, 11) is -2.01. The first kappa shape index (κ1) is 27.2. The van der Waals surface area contributed by atoms with Gasteiger partial charge in [0.25, 0.3) is 0 Å². The van der Waals surface area contributed by atoms with Crippen molar-refractivity contribution in [1.82, 2.24) is 0 Å². The molecule has 0 fully saturated rings. The summed E-state index contributed by atoms with van der Waals surface area (Å²) in [5, 5.41) is 2.85. The second-order valence-electron chi connectivity index (χ2n) is 8.59. The van der Waals surface area contributed by atoms with Crippen LogP contribution >= 0.6 is 31.5 Å². The Bertz CT molecular complexity index is 1090. The van der Waals surface area contributed by atoms with Crippen LogP contribution in [0.3, 0.4) is 0 Å². The zero-order chi connectivity index (χ0) is 25.0. The van der Waals surface area contributed by atoms with Crippen molar-refractivity contribution in [3.8, 4) is 11.5 Å². The molecular weight excluding hydrogens is 516 g/mol. The van der Waals surface area contributed by atoms with Crippen molar-refractivity contribution in [2.45, 2.75) is 0 Å². The Balaban J connectivity index is 1.61. The van der Waals surface area contributed by atoms with E-state index in [-0.39, 0.29) is 7.92 Å². The zero-order valence-corrected chi connectivity index (χ0v) is 24.6. The van der Waals surface area contributed by atoms with Gasteiger partial charge >= 0.3 is 0 Å². The van der Waals surface area contributed by atoms with Crippen molar-refractivity contribution in [3.63, 3.8) is 0 Å². The molecule has 0 aliphatic carbocycles. The molecule has 4 aromatic carbocycles. The summed E-state index contributed by atoms with van der Waals surface area (Å²) in [5.41, 5.74) is 0. The van der Waals surface area contributed by atoms with Crippen LogP contribution in [0.2, 0.25) is 0 Å². The molecule has 36 heavy (non-hydrogen) atoms. The summed E-state index contributed by atoms with van der Waals surface area (Å²) in [5.74, 6) is 1.91. The standard InChI is InChI=1S/C30H34O2P4/c1-33(2)23-25-35(31-27-15-7-3-8-16-27)36(32-28-17-9-4-10-18-28)26-24-34(29-19-11-5-12-20-29)30-21-13-6-14-22-30/h3-22H,23-26H2,1-2H3. The number of hydrogen-bond acceptors (Lipinski definition) is 2. The summed E-state index contributed by atoms with van der Waals surface area (Å²) in [6, 6.07) is 42.6. The van der Waals surface area contributed by atoms with E-state index in [1.807, 2.05) is 12.1 Å². The molecular formula is C30H34O2P4. The van der Waals surface area contributed by atoms with E-state index in [1.165, 1.54) is 16.8 Å². The van der Waals surface area contributed by atoms with E-state index in [2.05, 4.69) is 123 Å². The fourth-order valence-electron chi connectivity index (χ4n) is 3.71. The van der Waals surface area contributed by atoms with Crippen LogP contribution in [0.25, 0.3) is 0 Å². The third kappa shape index (κ3) is 8.65. The van der Waals surface area contributed by atoms with E-state index in [4.69, 9.17) is 9.05 Å². The lowest BCUT2D eigenvalue weighted by Crippen LogP contribution is -2.16. The molecule has 4 aromatic rings. The van der Waals surface area contributed by atoms with Crippen molar-refractivity contribution >= 4 is 42.1 Å². The van der Waals surface area contributed by atoms with E-state index in [1.54, 1.807) is 0 Å². The molecule has 0 aliphatic heterocycles. The van der Waals surface area contributed by atoms with Crippen LogP contribution in [0.5, 0.6) is 11.5 Å². The van der Waals surface area contributed by atoms with Crippen molar-refractivity contribution in [1.29, 1.82) is 0 Å². The smallest absolute Gasteiger partial charge is 0.152 e. The van der Waals surface area contributed by atoms with Gasteiger partial charge in [-0.3, -0.25) is 0 Å². The molecule has 186 valence electrons. The summed E-state index contributed by atoms with van der Waals surface area (Å²) in [4.78, 5) is 0. The molecule has 0 N–H and O–H groups in total. The van der Waals surface area contributed by atoms with Gasteiger partial charge in [0, 0.05) is 12.3 Å². The van der Waals surface area contributed by atoms with Crippen molar-refractivity contribution in [3.05, 3.63) is 121 Å².